The van der Waals surface area contributed by atoms with Crippen molar-refractivity contribution in [2.45, 2.75) is 57.9 Å². The monoisotopic (exact) mass is 287 g/mol. The van der Waals surface area contributed by atoms with Gasteiger partial charge in [-0.05, 0) is 30.9 Å². The molecule has 0 aromatic rings. The van der Waals surface area contributed by atoms with Gasteiger partial charge in [-0.15, -0.1) is 0 Å². The van der Waals surface area contributed by atoms with Crippen molar-refractivity contribution >= 4 is 23.6 Å². The molecule has 4 nitrogen and oxygen atoms in total. The van der Waals surface area contributed by atoms with Gasteiger partial charge in [0.2, 0.25) is 5.91 Å². The van der Waals surface area contributed by atoms with Crippen LogP contribution < -0.4 is 5.32 Å². The average Bonchev–Trinajstić information content (AvgIpc) is 2.75. The smallest absolute Gasteiger partial charge is 0.303 e. The minimum Gasteiger partial charge on any atom is -0.481 e. The lowest BCUT2D eigenvalue weighted by Gasteiger charge is -2.27. The van der Waals surface area contributed by atoms with E-state index in [0.29, 0.717) is 6.42 Å². The van der Waals surface area contributed by atoms with Crippen LogP contribution in [-0.4, -0.2) is 35.0 Å². The molecular weight excluding hydrogens is 262 g/mol. The molecule has 1 saturated carbocycles. The maximum Gasteiger partial charge on any atom is 0.303 e. The van der Waals surface area contributed by atoms with Crippen LogP contribution >= 0.6 is 11.8 Å². The Morgan fingerprint density at radius 3 is 2.42 bits per heavy atom. The summed E-state index contributed by atoms with van der Waals surface area (Å²) in [4.78, 5) is 23.1. The highest BCUT2D eigenvalue weighted by Crippen LogP contribution is 2.44. The third-order valence-corrected chi connectivity index (χ3v) is 4.69. The zero-order valence-electron chi connectivity index (χ0n) is 11.9. The summed E-state index contributed by atoms with van der Waals surface area (Å²) in [5.41, 5.74) is -0.298. The van der Waals surface area contributed by atoms with Crippen LogP contribution in [0.3, 0.4) is 0 Å². The standard InChI is InChI=1S/C14H25NO3S/c1-3-11(10-19-2)15-12(16)8-14(9-13(17)18)6-4-5-7-14/h11H,3-10H2,1-2H3,(H,15,16)(H,17,18). The maximum atomic E-state index is 12.1. The lowest BCUT2D eigenvalue weighted by Crippen LogP contribution is -2.39. The van der Waals surface area contributed by atoms with E-state index >= 15 is 0 Å². The number of carboxylic acid groups (broad SMARTS) is 1. The Morgan fingerprint density at radius 2 is 1.95 bits per heavy atom. The number of nitrogens with one attached hydrogen (secondary N) is 1. The first kappa shape index (κ1) is 16.3. The summed E-state index contributed by atoms with van der Waals surface area (Å²) in [5.74, 6) is 0.142. The van der Waals surface area contributed by atoms with Gasteiger partial charge in [-0.1, -0.05) is 19.8 Å². The number of carboxylic acids is 1. The SMILES string of the molecule is CCC(CSC)NC(=O)CC1(CC(=O)O)CCCC1. The number of thioether (sulfide) groups is 1. The van der Waals surface area contributed by atoms with E-state index in [0.717, 1.165) is 37.9 Å². The summed E-state index contributed by atoms with van der Waals surface area (Å²) in [7, 11) is 0. The Kier molecular flexibility index (Phi) is 6.69. The molecule has 1 fully saturated rings. The second kappa shape index (κ2) is 7.78. The number of carbonyl (C=O) groups excluding carboxylic acids is 1. The van der Waals surface area contributed by atoms with Crippen LogP contribution in [0.2, 0.25) is 0 Å². The van der Waals surface area contributed by atoms with E-state index in [1.54, 1.807) is 11.8 Å². The first-order valence-corrected chi connectivity index (χ1v) is 8.41. The van der Waals surface area contributed by atoms with E-state index in [1.807, 2.05) is 6.26 Å². The van der Waals surface area contributed by atoms with Gasteiger partial charge in [0, 0.05) is 18.2 Å². The lowest BCUT2D eigenvalue weighted by molar-refractivity contribution is -0.140. The van der Waals surface area contributed by atoms with E-state index < -0.39 is 5.97 Å². The van der Waals surface area contributed by atoms with Crippen molar-refractivity contribution in [2.75, 3.05) is 12.0 Å². The fourth-order valence-electron chi connectivity index (χ4n) is 2.94. The second-order valence-electron chi connectivity index (χ2n) is 5.58. The van der Waals surface area contributed by atoms with Crippen molar-refractivity contribution in [1.29, 1.82) is 0 Å². The molecule has 1 rings (SSSR count). The van der Waals surface area contributed by atoms with E-state index in [9.17, 15) is 9.59 Å². The summed E-state index contributed by atoms with van der Waals surface area (Å²) in [5, 5.41) is 12.1. The molecule has 0 aromatic carbocycles. The van der Waals surface area contributed by atoms with Gasteiger partial charge in [0.05, 0.1) is 6.42 Å². The quantitative estimate of drug-likeness (QED) is 0.720. The molecule has 19 heavy (non-hydrogen) atoms. The Hall–Kier alpha value is -0.710. The molecule has 1 aliphatic rings. The average molecular weight is 287 g/mol. The van der Waals surface area contributed by atoms with Gasteiger partial charge in [-0.25, -0.2) is 0 Å². The maximum absolute atomic E-state index is 12.1. The van der Waals surface area contributed by atoms with Crippen LogP contribution in [0, 0.1) is 5.41 Å². The van der Waals surface area contributed by atoms with Crippen LogP contribution in [0.1, 0.15) is 51.9 Å². The highest BCUT2D eigenvalue weighted by atomic mass is 32.2. The van der Waals surface area contributed by atoms with Crippen LogP contribution in [-0.2, 0) is 9.59 Å². The van der Waals surface area contributed by atoms with Crippen molar-refractivity contribution in [3.63, 3.8) is 0 Å². The molecule has 2 N–H and O–H groups in total. The molecule has 5 heteroatoms. The lowest BCUT2D eigenvalue weighted by atomic mass is 9.79. The molecule has 1 amide bonds. The minimum absolute atomic E-state index is 0.0176. The first-order valence-electron chi connectivity index (χ1n) is 7.01. The van der Waals surface area contributed by atoms with Gasteiger partial charge in [-0.3, -0.25) is 9.59 Å². The number of carbonyl (C=O) groups is 2. The molecule has 0 radical (unpaired) electrons. The van der Waals surface area contributed by atoms with E-state index in [2.05, 4.69) is 12.2 Å². The summed E-state index contributed by atoms with van der Waals surface area (Å²) in [6.07, 6.45) is 7.25. The van der Waals surface area contributed by atoms with Crippen molar-refractivity contribution in [2.24, 2.45) is 5.41 Å². The molecule has 1 atom stereocenters. The molecule has 0 spiro atoms. The molecule has 0 aromatic heterocycles. The third-order valence-electron chi connectivity index (χ3n) is 3.95. The van der Waals surface area contributed by atoms with Gasteiger partial charge < -0.3 is 10.4 Å². The van der Waals surface area contributed by atoms with Gasteiger partial charge in [0.15, 0.2) is 0 Å². The van der Waals surface area contributed by atoms with Crippen LogP contribution in [0.15, 0.2) is 0 Å². The molecule has 0 aliphatic heterocycles. The summed E-state index contributed by atoms with van der Waals surface area (Å²) < 4.78 is 0. The molecular formula is C14H25NO3S. The molecule has 0 bridgehead atoms. The molecule has 1 unspecified atom stereocenters. The van der Waals surface area contributed by atoms with Crippen molar-refractivity contribution in [1.82, 2.24) is 5.32 Å². The fraction of sp³-hybridized carbons (Fsp3) is 0.857. The Labute approximate surface area is 119 Å². The number of amides is 1. The number of hydrogen-bond acceptors (Lipinski definition) is 3. The molecule has 0 saturated heterocycles. The Morgan fingerprint density at radius 1 is 1.32 bits per heavy atom. The Balaban J connectivity index is 2.54. The Bertz CT molecular complexity index is 314. The van der Waals surface area contributed by atoms with Crippen molar-refractivity contribution in [3.05, 3.63) is 0 Å². The summed E-state index contributed by atoms with van der Waals surface area (Å²) in [6, 6.07) is 0.200. The predicted molar refractivity (Wildman–Crippen MR) is 78.4 cm³/mol. The van der Waals surface area contributed by atoms with E-state index in [4.69, 9.17) is 5.11 Å². The molecule has 110 valence electrons. The zero-order valence-corrected chi connectivity index (χ0v) is 12.7. The minimum atomic E-state index is -0.786. The zero-order chi connectivity index (χ0) is 14.3. The van der Waals surface area contributed by atoms with E-state index in [-0.39, 0.29) is 23.8 Å². The van der Waals surface area contributed by atoms with Crippen molar-refractivity contribution in [3.8, 4) is 0 Å². The predicted octanol–water partition coefficient (Wildman–Crippen LogP) is 2.67. The highest BCUT2D eigenvalue weighted by molar-refractivity contribution is 7.98. The summed E-state index contributed by atoms with van der Waals surface area (Å²) in [6.45, 7) is 2.06. The van der Waals surface area contributed by atoms with Gasteiger partial charge in [0.25, 0.3) is 0 Å². The normalized spacial score (nSPS) is 19.1. The van der Waals surface area contributed by atoms with Crippen LogP contribution in [0.5, 0.6) is 0 Å². The van der Waals surface area contributed by atoms with Gasteiger partial charge >= 0.3 is 5.97 Å². The molecule has 0 heterocycles. The number of aliphatic carboxylic acids is 1. The topological polar surface area (TPSA) is 66.4 Å². The first-order chi connectivity index (χ1) is 9.01. The number of hydrogen-bond donors (Lipinski definition) is 2. The van der Waals surface area contributed by atoms with Crippen molar-refractivity contribution < 1.29 is 14.7 Å². The van der Waals surface area contributed by atoms with Crippen LogP contribution in [0.4, 0.5) is 0 Å². The summed E-state index contributed by atoms with van der Waals surface area (Å²) >= 11 is 1.72. The second-order valence-corrected chi connectivity index (χ2v) is 6.49. The third kappa shape index (κ3) is 5.43. The fourth-order valence-corrected chi connectivity index (χ4v) is 3.67. The molecule has 1 aliphatic carbocycles. The number of rotatable bonds is 8. The van der Waals surface area contributed by atoms with E-state index in [1.165, 1.54) is 0 Å². The van der Waals surface area contributed by atoms with Crippen LogP contribution in [0.25, 0.3) is 0 Å². The largest absolute Gasteiger partial charge is 0.481 e. The van der Waals surface area contributed by atoms with Gasteiger partial charge in [-0.2, -0.15) is 11.8 Å². The van der Waals surface area contributed by atoms with Gasteiger partial charge in [0.1, 0.15) is 0 Å². The highest BCUT2D eigenvalue weighted by Gasteiger charge is 2.38.